The second-order valence-corrected chi connectivity index (χ2v) is 3.84. The summed E-state index contributed by atoms with van der Waals surface area (Å²) in [7, 11) is 4.14. The van der Waals surface area contributed by atoms with Crippen LogP contribution in [0.5, 0.6) is 0 Å². The van der Waals surface area contributed by atoms with Crippen LogP contribution in [0.1, 0.15) is 18.5 Å². The van der Waals surface area contributed by atoms with Crippen molar-refractivity contribution in [2.24, 2.45) is 0 Å². The molecule has 1 N–H and O–H groups in total. The molecule has 5 heteroatoms. The number of hydrogen-bond acceptors (Lipinski definition) is 5. The second-order valence-electron chi connectivity index (χ2n) is 3.84. The zero-order valence-corrected chi connectivity index (χ0v) is 9.77. The molecule has 1 aromatic heterocycles. The fourth-order valence-corrected chi connectivity index (χ4v) is 1.25. The van der Waals surface area contributed by atoms with Gasteiger partial charge in [-0.1, -0.05) is 0 Å². The summed E-state index contributed by atoms with van der Waals surface area (Å²) in [4.78, 5) is 10.2. The van der Waals surface area contributed by atoms with Crippen molar-refractivity contribution in [3.05, 3.63) is 18.1 Å². The van der Waals surface area contributed by atoms with Crippen LogP contribution in [0.15, 0.2) is 12.4 Å². The fourth-order valence-electron chi connectivity index (χ4n) is 1.25. The van der Waals surface area contributed by atoms with E-state index in [0.29, 0.717) is 5.69 Å². The first kappa shape index (κ1) is 12.4. The van der Waals surface area contributed by atoms with E-state index in [-0.39, 0.29) is 0 Å². The standard InChI is InChI=1S/C11H17N5/c1-16(2)6-4-3-5-13-11-9-14-10(7-12)8-15-11/h8-9H,3-6H2,1-2H3,(H,13,15). The van der Waals surface area contributed by atoms with Crippen molar-refractivity contribution in [1.29, 1.82) is 5.26 Å². The molecule has 0 aliphatic rings. The topological polar surface area (TPSA) is 64.8 Å². The molecule has 0 aliphatic carbocycles. The minimum absolute atomic E-state index is 0.346. The van der Waals surface area contributed by atoms with Crippen molar-refractivity contribution in [3.8, 4) is 6.07 Å². The summed E-state index contributed by atoms with van der Waals surface area (Å²) in [6.07, 6.45) is 5.32. The van der Waals surface area contributed by atoms with E-state index >= 15 is 0 Å². The molecule has 5 nitrogen and oxygen atoms in total. The summed E-state index contributed by atoms with van der Waals surface area (Å²) in [5, 5.41) is 11.7. The molecule has 0 aromatic carbocycles. The Hall–Kier alpha value is -1.67. The maximum Gasteiger partial charge on any atom is 0.158 e. The normalized spacial score (nSPS) is 10.1. The highest BCUT2D eigenvalue weighted by Gasteiger charge is 1.96. The molecule has 0 aliphatic heterocycles. The molecule has 1 aromatic rings. The van der Waals surface area contributed by atoms with Gasteiger partial charge < -0.3 is 10.2 Å². The number of nitrogens with one attached hydrogen (secondary N) is 1. The lowest BCUT2D eigenvalue weighted by molar-refractivity contribution is 0.396. The summed E-state index contributed by atoms with van der Waals surface area (Å²) in [5.74, 6) is 0.726. The van der Waals surface area contributed by atoms with Gasteiger partial charge in [0.15, 0.2) is 5.69 Å². The molecule has 16 heavy (non-hydrogen) atoms. The predicted molar refractivity (Wildman–Crippen MR) is 63.0 cm³/mol. The van der Waals surface area contributed by atoms with Crippen LogP contribution in [0.25, 0.3) is 0 Å². The Bertz CT molecular complexity index is 338. The van der Waals surface area contributed by atoms with Crippen LogP contribution in [0.4, 0.5) is 5.82 Å². The van der Waals surface area contributed by atoms with Gasteiger partial charge in [0.05, 0.1) is 12.4 Å². The smallest absolute Gasteiger partial charge is 0.158 e. The number of hydrogen-bond donors (Lipinski definition) is 1. The average molecular weight is 219 g/mol. The van der Waals surface area contributed by atoms with Gasteiger partial charge in [0.2, 0.25) is 0 Å². The van der Waals surface area contributed by atoms with Crippen molar-refractivity contribution < 1.29 is 0 Å². The van der Waals surface area contributed by atoms with Gasteiger partial charge in [0.25, 0.3) is 0 Å². The number of nitrogens with zero attached hydrogens (tertiary/aromatic N) is 4. The van der Waals surface area contributed by atoms with E-state index in [1.807, 2.05) is 6.07 Å². The summed E-state index contributed by atoms with van der Waals surface area (Å²) in [5.41, 5.74) is 0.346. The third-order valence-electron chi connectivity index (χ3n) is 2.10. The quantitative estimate of drug-likeness (QED) is 0.726. The fraction of sp³-hybridized carbons (Fsp3) is 0.545. The summed E-state index contributed by atoms with van der Waals surface area (Å²) in [6, 6.07) is 1.94. The molecule has 0 amide bonds. The highest BCUT2D eigenvalue weighted by molar-refractivity contribution is 5.32. The van der Waals surface area contributed by atoms with E-state index < -0.39 is 0 Å². The molecule has 0 fully saturated rings. The SMILES string of the molecule is CN(C)CCCCNc1cnc(C#N)cn1. The molecule has 0 saturated carbocycles. The molecule has 0 radical (unpaired) electrons. The summed E-state index contributed by atoms with van der Waals surface area (Å²) in [6.45, 7) is 1.98. The van der Waals surface area contributed by atoms with E-state index in [9.17, 15) is 0 Å². The van der Waals surface area contributed by atoms with Gasteiger partial charge in [0.1, 0.15) is 11.9 Å². The lowest BCUT2D eigenvalue weighted by Crippen LogP contribution is -2.14. The Balaban J connectivity index is 2.20. The van der Waals surface area contributed by atoms with Crippen LogP contribution in [-0.2, 0) is 0 Å². The van der Waals surface area contributed by atoms with Crippen LogP contribution < -0.4 is 5.32 Å². The number of rotatable bonds is 6. The van der Waals surface area contributed by atoms with Crippen molar-refractivity contribution in [3.63, 3.8) is 0 Å². The van der Waals surface area contributed by atoms with Crippen LogP contribution in [-0.4, -0.2) is 42.1 Å². The molecule has 1 heterocycles. The van der Waals surface area contributed by atoms with Crippen LogP contribution in [0.3, 0.4) is 0 Å². The molecular weight excluding hydrogens is 202 g/mol. The molecule has 0 atom stereocenters. The number of aromatic nitrogens is 2. The van der Waals surface area contributed by atoms with Gasteiger partial charge in [-0.15, -0.1) is 0 Å². The third kappa shape index (κ3) is 4.71. The number of unbranched alkanes of at least 4 members (excludes halogenated alkanes) is 1. The van der Waals surface area contributed by atoms with Crippen LogP contribution in [0.2, 0.25) is 0 Å². The van der Waals surface area contributed by atoms with E-state index in [1.54, 1.807) is 6.20 Å². The lowest BCUT2D eigenvalue weighted by atomic mass is 10.3. The minimum Gasteiger partial charge on any atom is -0.369 e. The third-order valence-corrected chi connectivity index (χ3v) is 2.10. The minimum atomic E-state index is 0.346. The van der Waals surface area contributed by atoms with Gasteiger partial charge in [-0.05, 0) is 33.5 Å². The van der Waals surface area contributed by atoms with Crippen molar-refractivity contribution in [2.45, 2.75) is 12.8 Å². The Morgan fingerprint density at radius 2 is 2.12 bits per heavy atom. The first-order chi connectivity index (χ1) is 7.72. The number of anilines is 1. The Labute approximate surface area is 96.1 Å². The van der Waals surface area contributed by atoms with Crippen LogP contribution in [0, 0.1) is 11.3 Å². The maximum absolute atomic E-state index is 8.55. The zero-order valence-electron chi connectivity index (χ0n) is 9.77. The maximum atomic E-state index is 8.55. The van der Waals surface area contributed by atoms with E-state index in [4.69, 9.17) is 5.26 Å². The van der Waals surface area contributed by atoms with Crippen molar-refractivity contribution in [2.75, 3.05) is 32.5 Å². The number of nitriles is 1. The monoisotopic (exact) mass is 219 g/mol. The molecule has 0 spiro atoms. The summed E-state index contributed by atoms with van der Waals surface area (Å²) < 4.78 is 0. The molecule has 86 valence electrons. The van der Waals surface area contributed by atoms with Gasteiger partial charge in [-0.3, -0.25) is 0 Å². The van der Waals surface area contributed by atoms with Gasteiger partial charge >= 0.3 is 0 Å². The summed E-state index contributed by atoms with van der Waals surface area (Å²) >= 11 is 0. The van der Waals surface area contributed by atoms with E-state index in [1.165, 1.54) is 6.20 Å². The van der Waals surface area contributed by atoms with E-state index in [0.717, 1.165) is 31.7 Å². The molecule has 0 saturated heterocycles. The molecule has 0 bridgehead atoms. The van der Waals surface area contributed by atoms with Gasteiger partial charge in [-0.2, -0.15) is 5.26 Å². The largest absolute Gasteiger partial charge is 0.369 e. The first-order valence-corrected chi connectivity index (χ1v) is 5.33. The van der Waals surface area contributed by atoms with Gasteiger partial charge in [-0.25, -0.2) is 9.97 Å². The Morgan fingerprint density at radius 3 is 2.69 bits per heavy atom. The first-order valence-electron chi connectivity index (χ1n) is 5.33. The Morgan fingerprint density at radius 1 is 1.31 bits per heavy atom. The highest BCUT2D eigenvalue weighted by atomic mass is 15.0. The van der Waals surface area contributed by atoms with Gasteiger partial charge in [0, 0.05) is 6.54 Å². The Kier molecular flexibility index (Phi) is 5.23. The van der Waals surface area contributed by atoms with Crippen molar-refractivity contribution >= 4 is 5.82 Å². The highest BCUT2D eigenvalue weighted by Crippen LogP contribution is 2.00. The van der Waals surface area contributed by atoms with Crippen molar-refractivity contribution in [1.82, 2.24) is 14.9 Å². The average Bonchev–Trinajstić information content (AvgIpc) is 2.29. The van der Waals surface area contributed by atoms with Crippen LogP contribution >= 0.6 is 0 Å². The molecule has 0 unspecified atom stereocenters. The zero-order chi connectivity index (χ0) is 11.8. The lowest BCUT2D eigenvalue weighted by Gasteiger charge is -2.09. The van der Waals surface area contributed by atoms with E-state index in [2.05, 4.69) is 34.3 Å². The second kappa shape index (κ2) is 6.75. The molecule has 1 rings (SSSR count). The molecular formula is C11H17N5. The predicted octanol–water partition coefficient (Wildman–Crippen LogP) is 1.10.